The molecule has 23 heavy (non-hydrogen) atoms. The van der Waals surface area contributed by atoms with Crippen LogP contribution in [0.1, 0.15) is 0 Å². The molecule has 0 saturated heterocycles. The molecule has 0 aliphatic heterocycles. The van der Waals surface area contributed by atoms with Crippen LogP contribution < -0.4 is 0 Å². The van der Waals surface area contributed by atoms with Gasteiger partial charge in [0, 0.05) is 16.1 Å². The van der Waals surface area contributed by atoms with Crippen molar-refractivity contribution in [3.63, 3.8) is 0 Å². The van der Waals surface area contributed by atoms with Gasteiger partial charge in [-0.15, -0.1) is 10.2 Å². The molecule has 114 valence electrons. The first-order chi connectivity index (χ1) is 11.1. The van der Waals surface area contributed by atoms with Crippen LogP contribution in [0.25, 0.3) is 26.9 Å². The topological polar surface area (TPSA) is 43.1 Å². The lowest BCUT2D eigenvalue weighted by atomic mass is 10.2. The summed E-state index contributed by atoms with van der Waals surface area (Å²) in [5.41, 5.74) is 1.58. The molecule has 0 aliphatic carbocycles. The highest BCUT2D eigenvalue weighted by molar-refractivity contribution is 7.19. The number of benzene rings is 2. The molecule has 0 fully saturated rings. The predicted octanol–water partition coefficient (Wildman–Crippen LogP) is 5.48. The standard InChI is InChI=1S/C15H7Cl3N4S/c16-8-5-6-10(12(18)7-8)14-21-22-13(19-20-15(22)23-14)9-3-1-2-4-11(9)17/h1-7H. The summed E-state index contributed by atoms with van der Waals surface area (Å²) in [6.45, 7) is 0. The molecule has 2 aromatic carbocycles. The first-order valence-electron chi connectivity index (χ1n) is 6.56. The summed E-state index contributed by atoms with van der Waals surface area (Å²) < 4.78 is 1.67. The van der Waals surface area contributed by atoms with Gasteiger partial charge >= 0.3 is 0 Å². The van der Waals surface area contributed by atoms with Crippen molar-refractivity contribution in [2.45, 2.75) is 0 Å². The van der Waals surface area contributed by atoms with Crippen molar-refractivity contribution in [2.24, 2.45) is 0 Å². The van der Waals surface area contributed by atoms with E-state index < -0.39 is 0 Å². The van der Waals surface area contributed by atoms with Crippen molar-refractivity contribution in [1.29, 1.82) is 0 Å². The van der Waals surface area contributed by atoms with Gasteiger partial charge in [0.1, 0.15) is 5.01 Å². The summed E-state index contributed by atoms with van der Waals surface area (Å²) in [5.74, 6) is 0.596. The third-order valence-electron chi connectivity index (χ3n) is 3.27. The fraction of sp³-hybridized carbons (Fsp3) is 0. The van der Waals surface area contributed by atoms with Crippen molar-refractivity contribution in [2.75, 3.05) is 0 Å². The van der Waals surface area contributed by atoms with Gasteiger partial charge in [-0.05, 0) is 30.3 Å². The molecule has 4 aromatic rings. The number of fused-ring (bicyclic) bond motifs is 1. The molecular weight excluding hydrogens is 375 g/mol. The van der Waals surface area contributed by atoms with E-state index >= 15 is 0 Å². The maximum atomic E-state index is 6.26. The van der Waals surface area contributed by atoms with Gasteiger partial charge in [0.2, 0.25) is 4.96 Å². The largest absolute Gasteiger partial charge is 0.235 e. The predicted molar refractivity (Wildman–Crippen MR) is 94.6 cm³/mol. The first kappa shape index (κ1) is 14.9. The van der Waals surface area contributed by atoms with E-state index in [1.807, 2.05) is 24.3 Å². The van der Waals surface area contributed by atoms with E-state index in [1.165, 1.54) is 11.3 Å². The summed E-state index contributed by atoms with van der Waals surface area (Å²) in [6, 6.07) is 12.8. The normalized spacial score (nSPS) is 11.3. The Morgan fingerprint density at radius 3 is 2.48 bits per heavy atom. The van der Waals surface area contributed by atoms with E-state index in [0.29, 0.717) is 25.9 Å². The number of halogens is 3. The van der Waals surface area contributed by atoms with Gasteiger partial charge in [-0.25, -0.2) is 0 Å². The van der Waals surface area contributed by atoms with E-state index in [0.717, 1.165) is 16.1 Å². The van der Waals surface area contributed by atoms with Crippen LogP contribution in [-0.2, 0) is 0 Å². The number of nitrogens with zero attached hydrogens (tertiary/aromatic N) is 4. The Morgan fingerprint density at radius 1 is 0.870 bits per heavy atom. The average Bonchev–Trinajstić information content (AvgIpc) is 3.08. The van der Waals surface area contributed by atoms with Crippen LogP contribution in [0.5, 0.6) is 0 Å². The van der Waals surface area contributed by atoms with Crippen molar-refractivity contribution in [3.05, 3.63) is 57.5 Å². The summed E-state index contributed by atoms with van der Waals surface area (Å²) in [6.07, 6.45) is 0. The van der Waals surface area contributed by atoms with Gasteiger partial charge in [0.15, 0.2) is 5.82 Å². The molecule has 4 nitrogen and oxygen atoms in total. The summed E-state index contributed by atoms with van der Waals surface area (Å²) in [4.78, 5) is 0.668. The Bertz CT molecular complexity index is 1020. The molecule has 0 saturated carbocycles. The molecular formula is C15H7Cl3N4S. The van der Waals surface area contributed by atoms with Crippen molar-refractivity contribution < 1.29 is 0 Å². The van der Waals surface area contributed by atoms with Gasteiger partial charge in [0.05, 0.1) is 10.0 Å². The summed E-state index contributed by atoms with van der Waals surface area (Å²) in [5, 5.41) is 15.4. The van der Waals surface area contributed by atoms with E-state index in [4.69, 9.17) is 34.8 Å². The molecule has 0 unspecified atom stereocenters. The molecule has 0 radical (unpaired) electrons. The van der Waals surface area contributed by atoms with Gasteiger partial charge in [-0.1, -0.05) is 58.3 Å². The van der Waals surface area contributed by atoms with E-state index in [2.05, 4.69) is 15.3 Å². The SMILES string of the molecule is Clc1ccc(-c2nn3c(-c4ccccc4Cl)nnc3s2)c(Cl)c1. The molecule has 0 spiro atoms. The molecule has 0 bridgehead atoms. The lowest BCUT2D eigenvalue weighted by Crippen LogP contribution is -1.91. The van der Waals surface area contributed by atoms with Crippen LogP contribution in [0.15, 0.2) is 42.5 Å². The van der Waals surface area contributed by atoms with Crippen molar-refractivity contribution in [3.8, 4) is 22.0 Å². The van der Waals surface area contributed by atoms with E-state index in [-0.39, 0.29) is 0 Å². The molecule has 0 aliphatic rings. The Hall–Kier alpha value is -1.66. The second-order valence-electron chi connectivity index (χ2n) is 4.73. The van der Waals surface area contributed by atoms with E-state index in [1.54, 1.807) is 22.7 Å². The summed E-state index contributed by atoms with van der Waals surface area (Å²) >= 11 is 19.8. The smallest absolute Gasteiger partial charge is 0.182 e. The van der Waals surface area contributed by atoms with Crippen LogP contribution in [0.4, 0.5) is 0 Å². The van der Waals surface area contributed by atoms with Gasteiger partial charge in [0.25, 0.3) is 0 Å². The van der Waals surface area contributed by atoms with Gasteiger partial charge in [-0.3, -0.25) is 0 Å². The maximum Gasteiger partial charge on any atom is 0.235 e. The second-order valence-corrected chi connectivity index (χ2v) is 6.94. The molecule has 8 heteroatoms. The zero-order chi connectivity index (χ0) is 16.0. The number of aromatic nitrogens is 4. The minimum atomic E-state index is 0.543. The molecule has 2 heterocycles. The number of hydrogen-bond acceptors (Lipinski definition) is 4. The third-order valence-corrected chi connectivity index (χ3v) is 5.08. The Kier molecular flexibility index (Phi) is 3.73. The maximum absolute atomic E-state index is 6.26. The number of hydrogen-bond donors (Lipinski definition) is 0. The highest BCUT2D eigenvalue weighted by atomic mass is 35.5. The monoisotopic (exact) mass is 380 g/mol. The minimum absolute atomic E-state index is 0.543. The lowest BCUT2D eigenvalue weighted by molar-refractivity contribution is 0.971. The second kappa shape index (κ2) is 5.76. The average molecular weight is 382 g/mol. The molecule has 0 amide bonds. The highest BCUT2D eigenvalue weighted by Gasteiger charge is 2.17. The lowest BCUT2D eigenvalue weighted by Gasteiger charge is -2.01. The fourth-order valence-corrected chi connectivity index (χ4v) is 3.85. The molecule has 2 aromatic heterocycles. The van der Waals surface area contributed by atoms with Crippen LogP contribution in [0.3, 0.4) is 0 Å². The van der Waals surface area contributed by atoms with Gasteiger partial charge in [-0.2, -0.15) is 9.61 Å². The fourth-order valence-electron chi connectivity index (χ4n) is 2.20. The van der Waals surface area contributed by atoms with Crippen molar-refractivity contribution >= 4 is 51.1 Å². The van der Waals surface area contributed by atoms with E-state index in [9.17, 15) is 0 Å². The van der Waals surface area contributed by atoms with Crippen LogP contribution in [0.2, 0.25) is 15.1 Å². The zero-order valence-corrected chi connectivity index (χ0v) is 14.5. The molecule has 4 rings (SSSR count). The first-order valence-corrected chi connectivity index (χ1v) is 8.51. The highest BCUT2D eigenvalue weighted by Crippen LogP contribution is 2.34. The Morgan fingerprint density at radius 2 is 1.70 bits per heavy atom. The van der Waals surface area contributed by atoms with Crippen molar-refractivity contribution in [1.82, 2.24) is 19.8 Å². The minimum Gasteiger partial charge on any atom is -0.182 e. The van der Waals surface area contributed by atoms with Crippen LogP contribution >= 0.6 is 46.1 Å². The molecule has 0 atom stereocenters. The Balaban J connectivity index is 1.88. The number of rotatable bonds is 2. The summed E-state index contributed by atoms with van der Waals surface area (Å²) in [7, 11) is 0. The van der Waals surface area contributed by atoms with Crippen LogP contribution in [0, 0.1) is 0 Å². The zero-order valence-electron chi connectivity index (χ0n) is 11.4. The van der Waals surface area contributed by atoms with Gasteiger partial charge < -0.3 is 0 Å². The van der Waals surface area contributed by atoms with Crippen LogP contribution in [-0.4, -0.2) is 19.8 Å². The third kappa shape index (κ3) is 2.60. The Labute approximate surface area is 150 Å². The quantitative estimate of drug-likeness (QED) is 0.462. The molecule has 0 N–H and O–H groups in total.